The molecule has 148 valence electrons. The fourth-order valence-electron chi connectivity index (χ4n) is 5.68. The third-order valence-corrected chi connectivity index (χ3v) is 7.73. The standard InChI is InChI=1S/C19H26N2O5S/c1-25-16-4-3-15(8-17(16)26-2)27(23,24)21-20-18(22)19-9-12-5-13(10-19)7-14(6-12)11-19/h3-4,8,12-14,21H,5-7,9-11H2,1-2H3,(H,20,22). The van der Waals surface area contributed by atoms with Crippen molar-refractivity contribution in [3.63, 3.8) is 0 Å². The molecule has 0 aromatic heterocycles. The molecule has 4 fully saturated rings. The summed E-state index contributed by atoms with van der Waals surface area (Å²) < 4.78 is 35.5. The first-order valence-corrected chi connectivity index (χ1v) is 10.9. The van der Waals surface area contributed by atoms with Gasteiger partial charge in [-0.15, -0.1) is 4.83 Å². The largest absolute Gasteiger partial charge is 0.493 e. The topological polar surface area (TPSA) is 93.7 Å². The molecular formula is C19H26N2O5S. The first-order valence-electron chi connectivity index (χ1n) is 9.39. The molecule has 27 heavy (non-hydrogen) atoms. The Hall–Kier alpha value is -1.80. The molecule has 4 saturated carbocycles. The van der Waals surface area contributed by atoms with Gasteiger partial charge in [0.2, 0.25) is 5.91 Å². The van der Waals surface area contributed by atoms with Crippen LogP contribution in [0.15, 0.2) is 23.1 Å². The average molecular weight is 394 g/mol. The highest BCUT2D eigenvalue weighted by molar-refractivity contribution is 7.89. The van der Waals surface area contributed by atoms with E-state index in [0.29, 0.717) is 29.3 Å². The number of hydrogen-bond acceptors (Lipinski definition) is 5. The van der Waals surface area contributed by atoms with Crippen LogP contribution in [0.3, 0.4) is 0 Å². The second-order valence-corrected chi connectivity index (χ2v) is 9.96. The maximum atomic E-state index is 12.9. The van der Waals surface area contributed by atoms with E-state index >= 15 is 0 Å². The van der Waals surface area contributed by atoms with Gasteiger partial charge in [-0.2, -0.15) is 0 Å². The number of methoxy groups -OCH3 is 2. The molecule has 1 amide bonds. The number of benzene rings is 1. The molecule has 1 aromatic rings. The van der Waals surface area contributed by atoms with Gasteiger partial charge in [0.25, 0.3) is 10.0 Å². The molecule has 0 aliphatic heterocycles. The summed E-state index contributed by atoms with van der Waals surface area (Å²) in [6, 6.07) is 4.31. The van der Waals surface area contributed by atoms with Crippen molar-refractivity contribution in [1.29, 1.82) is 0 Å². The highest BCUT2D eigenvalue weighted by Gasteiger charge is 2.54. The predicted molar refractivity (Wildman–Crippen MR) is 98.6 cm³/mol. The molecule has 0 saturated heterocycles. The van der Waals surface area contributed by atoms with Crippen molar-refractivity contribution in [2.24, 2.45) is 23.2 Å². The van der Waals surface area contributed by atoms with E-state index in [9.17, 15) is 13.2 Å². The van der Waals surface area contributed by atoms with Crippen LogP contribution in [0.5, 0.6) is 11.5 Å². The summed E-state index contributed by atoms with van der Waals surface area (Å²) in [4.78, 5) is 15.2. The highest BCUT2D eigenvalue weighted by atomic mass is 32.2. The molecule has 4 aliphatic carbocycles. The van der Waals surface area contributed by atoms with Crippen LogP contribution in [0, 0.1) is 23.2 Å². The lowest BCUT2D eigenvalue weighted by Gasteiger charge is -2.55. The molecule has 1 aromatic carbocycles. The molecule has 8 heteroatoms. The van der Waals surface area contributed by atoms with Crippen LogP contribution in [0.25, 0.3) is 0 Å². The van der Waals surface area contributed by atoms with Gasteiger partial charge in [-0.3, -0.25) is 10.2 Å². The maximum absolute atomic E-state index is 12.9. The fraction of sp³-hybridized carbons (Fsp3) is 0.632. The zero-order valence-electron chi connectivity index (χ0n) is 15.7. The normalized spacial score (nSPS) is 31.6. The van der Waals surface area contributed by atoms with Gasteiger partial charge < -0.3 is 9.47 Å². The summed E-state index contributed by atoms with van der Waals surface area (Å²) in [5, 5.41) is 0. The second kappa shape index (κ2) is 6.67. The summed E-state index contributed by atoms with van der Waals surface area (Å²) in [5.74, 6) is 2.41. The van der Waals surface area contributed by atoms with Crippen molar-refractivity contribution < 1.29 is 22.7 Å². The Morgan fingerprint density at radius 3 is 2.07 bits per heavy atom. The lowest BCUT2D eigenvalue weighted by molar-refractivity contribution is -0.146. The number of nitrogens with one attached hydrogen (secondary N) is 2. The molecule has 5 rings (SSSR count). The highest BCUT2D eigenvalue weighted by Crippen LogP contribution is 2.60. The number of ether oxygens (including phenoxy) is 2. The molecule has 0 heterocycles. The number of carbonyl (C=O) groups is 1. The lowest BCUT2D eigenvalue weighted by atomic mass is 9.49. The maximum Gasteiger partial charge on any atom is 0.257 e. The summed E-state index contributed by atoms with van der Waals surface area (Å²) in [6.45, 7) is 0. The number of rotatable bonds is 6. The monoisotopic (exact) mass is 394 g/mol. The summed E-state index contributed by atoms with van der Waals surface area (Å²) in [5.41, 5.74) is 2.09. The van der Waals surface area contributed by atoms with E-state index in [4.69, 9.17) is 9.47 Å². The van der Waals surface area contributed by atoms with E-state index in [0.717, 1.165) is 19.3 Å². The van der Waals surface area contributed by atoms with Crippen LogP contribution >= 0.6 is 0 Å². The van der Waals surface area contributed by atoms with Crippen molar-refractivity contribution in [1.82, 2.24) is 10.3 Å². The zero-order valence-corrected chi connectivity index (χ0v) is 16.5. The van der Waals surface area contributed by atoms with Crippen molar-refractivity contribution in [3.8, 4) is 11.5 Å². The first-order chi connectivity index (χ1) is 12.8. The Morgan fingerprint density at radius 1 is 1.00 bits per heavy atom. The zero-order chi connectivity index (χ0) is 19.2. The van der Waals surface area contributed by atoms with Gasteiger partial charge in [0, 0.05) is 6.07 Å². The fourth-order valence-corrected chi connectivity index (χ4v) is 6.53. The van der Waals surface area contributed by atoms with Crippen LogP contribution in [-0.4, -0.2) is 28.5 Å². The van der Waals surface area contributed by atoms with E-state index in [2.05, 4.69) is 10.3 Å². The predicted octanol–water partition coefficient (Wildman–Crippen LogP) is 2.23. The molecule has 2 N–H and O–H groups in total. The number of hydrogen-bond donors (Lipinski definition) is 2. The molecule has 7 nitrogen and oxygen atoms in total. The van der Waals surface area contributed by atoms with E-state index in [1.165, 1.54) is 51.7 Å². The Morgan fingerprint density at radius 2 is 1.56 bits per heavy atom. The first kappa shape index (κ1) is 18.6. The van der Waals surface area contributed by atoms with Gasteiger partial charge in [-0.25, -0.2) is 8.42 Å². The van der Waals surface area contributed by atoms with Gasteiger partial charge in [0.15, 0.2) is 11.5 Å². The number of amides is 1. The number of hydrazine groups is 1. The third kappa shape index (κ3) is 3.29. The molecule has 0 atom stereocenters. The van der Waals surface area contributed by atoms with Crippen LogP contribution in [-0.2, 0) is 14.8 Å². The lowest BCUT2D eigenvalue weighted by Crippen LogP contribution is -2.56. The van der Waals surface area contributed by atoms with Crippen LogP contribution < -0.4 is 19.7 Å². The average Bonchev–Trinajstić information content (AvgIpc) is 2.64. The number of carbonyl (C=O) groups excluding carboxylic acids is 1. The molecule has 0 unspecified atom stereocenters. The molecule has 4 aliphatic rings. The van der Waals surface area contributed by atoms with Crippen molar-refractivity contribution in [2.75, 3.05) is 14.2 Å². The van der Waals surface area contributed by atoms with Crippen molar-refractivity contribution in [2.45, 2.75) is 43.4 Å². The van der Waals surface area contributed by atoms with E-state index in [1.54, 1.807) is 0 Å². The minimum atomic E-state index is -3.90. The van der Waals surface area contributed by atoms with E-state index in [1.807, 2.05) is 0 Å². The van der Waals surface area contributed by atoms with Crippen LogP contribution in [0.2, 0.25) is 0 Å². The van der Waals surface area contributed by atoms with Gasteiger partial charge in [0.1, 0.15) is 0 Å². The molecule has 0 radical (unpaired) electrons. The van der Waals surface area contributed by atoms with Gasteiger partial charge in [-0.05, 0) is 68.4 Å². The SMILES string of the molecule is COc1ccc(S(=O)(=O)NNC(=O)C23CC4CC(CC(C4)C2)C3)cc1OC. The molecule has 0 spiro atoms. The molecule has 4 bridgehead atoms. The van der Waals surface area contributed by atoms with Crippen molar-refractivity contribution in [3.05, 3.63) is 18.2 Å². The second-order valence-electron chi connectivity index (χ2n) is 8.27. The Balaban J connectivity index is 1.47. The summed E-state index contributed by atoms with van der Waals surface area (Å²) in [7, 11) is -0.979. The van der Waals surface area contributed by atoms with E-state index < -0.39 is 15.4 Å². The van der Waals surface area contributed by atoms with E-state index in [-0.39, 0.29) is 10.8 Å². The Labute approximate surface area is 159 Å². The summed E-state index contributed by atoms with van der Waals surface area (Å²) >= 11 is 0. The van der Waals surface area contributed by atoms with Crippen LogP contribution in [0.4, 0.5) is 0 Å². The number of sulfonamides is 1. The summed E-state index contributed by atoms with van der Waals surface area (Å²) in [6.07, 6.45) is 6.31. The Kier molecular flexibility index (Phi) is 4.58. The van der Waals surface area contributed by atoms with Crippen LogP contribution in [0.1, 0.15) is 38.5 Å². The quantitative estimate of drug-likeness (QED) is 0.722. The minimum absolute atomic E-state index is 0.00552. The Bertz CT molecular complexity index is 816. The van der Waals surface area contributed by atoms with Gasteiger partial charge in [-0.1, -0.05) is 0 Å². The molecular weight excluding hydrogens is 368 g/mol. The van der Waals surface area contributed by atoms with Gasteiger partial charge in [0.05, 0.1) is 24.5 Å². The third-order valence-electron chi connectivity index (χ3n) is 6.48. The van der Waals surface area contributed by atoms with Gasteiger partial charge >= 0.3 is 0 Å². The minimum Gasteiger partial charge on any atom is -0.493 e. The van der Waals surface area contributed by atoms with Crippen molar-refractivity contribution >= 4 is 15.9 Å². The smallest absolute Gasteiger partial charge is 0.257 e.